The van der Waals surface area contributed by atoms with Gasteiger partial charge in [-0.15, -0.1) is 0 Å². The third kappa shape index (κ3) is 4.79. The average molecular weight is 359 g/mol. The summed E-state index contributed by atoms with van der Waals surface area (Å²) in [5, 5.41) is 6.10. The van der Waals surface area contributed by atoms with Gasteiger partial charge in [0.25, 0.3) is 5.91 Å². The fraction of sp³-hybridized carbons (Fsp3) is 0.136. The van der Waals surface area contributed by atoms with Gasteiger partial charge in [-0.1, -0.05) is 36.4 Å². The van der Waals surface area contributed by atoms with Gasteiger partial charge in [-0.2, -0.15) is 0 Å². The van der Waals surface area contributed by atoms with Gasteiger partial charge in [-0.3, -0.25) is 14.6 Å². The third-order valence-corrected chi connectivity index (χ3v) is 4.25. The number of nitrogens with zero attached hydrogens (tertiary/aromatic N) is 1. The number of pyridine rings is 1. The van der Waals surface area contributed by atoms with E-state index in [1.807, 2.05) is 43.3 Å². The summed E-state index contributed by atoms with van der Waals surface area (Å²) in [6, 6.07) is 18.6. The Kier molecular flexibility index (Phi) is 5.61. The molecular weight excluding hydrogens is 338 g/mol. The minimum atomic E-state index is -0.237. The largest absolute Gasteiger partial charge is 0.355 e. The van der Waals surface area contributed by atoms with Crippen LogP contribution < -0.4 is 10.6 Å². The van der Waals surface area contributed by atoms with Crippen molar-refractivity contribution < 1.29 is 9.59 Å². The molecule has 136 valence electrons. The molecule has 0 fully saturated rings. The molecule has 1 aromatic heterocycles. The first-order chi connectivity index (χ1) is 13.0. The highest BCUT2D eigenvalue weighted by atomic mass is 16.1. The monoisotopic (exact) mass is 359 g/mol. The van der Waals surface area contributed by atoms with Crippen LogP contribution in [0.3, 0.4) is 0 Å². The predicted molar refractivity (Wildman–Crippen MR) is 106 cm³/mol. The molecule has 0 aliphatic heterocycles. The van der Waals surface area contributed by atoms with Crippen molar-refractivity contribution in [3.63, 3.8) is 0 Å². The lowest BCUT2D eigenvalue weighted by atomic mass is 10.1. The Morgan fingerprint density at radius 3 is 2.52 bits per heavy atom. The number of nitrogens with one attached hydrogen (secondary N) is 2. The molecule has 0 aliphatic rings. The van der Waals surface area contributed by atoms with Gasteiger partial charge in [-0.05, 0) is 49.2 Å². The number of hydrogen-bond acceptors (Lipinski definition) is 4. The number of amides is 1. The van der Waals surface area contributed by atoms with E-state index in [1.165, 1.54) is 6.92 Å². The Bertz CT molecular complexity index is 983. The molecule has 5 heteroatoms. The molecule has 2 aromatic carbocycles. The van der Waals surface area contributed by atoms with Gasteiger partial charge in [0.1, 0.15) is 5.69 Å². The molecule has 0 saturated carbocycles. The summed E-state index contributed by atoms with van der Waals surface area (Å²) in [5.74, 6) is -0.232. The second kappa shape index (κ2) is 8.27. The van der Waals surface area contributed by atoms with E-state index in [9.17, 15) is 9.59 Å². The van der Waals surface area contributed by atoms with Crippen LogP contribution in [0.4, 0.5) is 11.4 Å². The van der Waals surface area contributed by atoms with E-state index in [0.717, 1.165) is 22.5 Å². The molecule has 0 radical (unpaired) electrons. The molecule has 1 amide bonds. The number of rotatable bonds is 6. The summed E-state index contributed by atoms with van der Waals surface area (Å²) in [7, 11) is 0. The number of carbonyl (C=O) groups excluding carboxylic acids is 2. The summed E-state index contributed by atoms with van der Waals surface area (Å²) in [4.78, 5) is 28.1. The maximum atomic E-state index is 12.4. The number of hydrogen-bond donors (Lipinski definition) is 2. The van der Waals surface area contributed by atoms with Crippen LogP contribution in [0.15, 0.2) is 66.9 Å². The van der Waals surface area contributed by atoms with Crippen LogP contribution in [0, 0.1) is 6.92 Å². The van der Waals surface area contributed by atoms with Crippen LogP contribution in [-0.4, -0.2) is 16.7 Å². The minimum absolute atomic E-state index is 0.00431. The standard InChI is InChI=1S/C22H21N3O2/c1-15-6-3-4-7-18(15)14-24-22(27)21-13-20(10-11-23-21)25-19-9-5-8-17(12-19)16(2)26/h3-13H,14H2,1-2H3,(H,23,25)(H,24,27). The van der Waals surface area contributed by atoms with Crippen LogP contribution in [0.1, 0.15) is 38.9 Å². The zero-order chi connectivity index (χ0) is 19.2. The third-order valence-electron chi connectivity index (χ3n) is 4.25. The molecule has 0 unspecified atom stereocenters. The summed E-state index contributed by atoms with van der Waals surface area (Å²) in [5.41, 5.74) is 4.67. The van der Waals surface area contributed by atoms with E-state index in [4.69, 9.17) is 0 Å². The number of aryl methyl sites for hydroxylation is 1. The molecule has 5 nitrogen and oxygen atoms in total. The van der Waals surface area contributed by atoms with Crippen molar-refractivity contribution >= 4 is 23.1 Å². The van der Waals surface area contributed by atoms with E-state index >= 15 is 0 Å². The molecule has 0 atom stereocenters. The topological polar surface area (TPSA) is 71.1 Å². The molecule has 27 heavy (non-hydrogen) atoms. The van der Waals surface area contributed by atoms with E-state index in [-0.39, 0.29) is 11.7 Å². The number of anilines is 2. The van der Waals surface area contributed by atoms with Crippen molar-refractivity contribution in [3.05, 3.63) is 89.2 Å². The SMILES string of the molecule is CC(=O)c1cccc(Nc2ccnc(C(=O)NCc3ccccc3C)c2)c1. The van der Waals surface area contributed by atoms with Crippen molar-refractivity contribution in [3.8, 4) is 0 Å². The second-order valence-electron chi connectivity index (χ2n) is 6.30. The highest BCUT2D eigenvalue weighted by molar-refractivity contribution is 5.95. The first-order valence-electron chi connectivity index (χ1n) is 8.70. The van der Waals surface area contributed by atoms with Gasteiger partial charge in [0, 0.05) is 29.7 Å². The Balaban J connectivity index is 1.69. The number of Topliss-reactive ketones (excluding diaryl/α,β-unsaturated/α-hetero) is 1. The second-order valence-corrected chi connectivity index (χ2v) is 6.30. The zero-order valence-electron chi connectivity index (χ0n) is 15.3. The summed E-state index contributed by atoms with van der Waals surface area (Å²) >= 11 is 0. The fourth-order valence-electron chi connectivity index (χ4n) is 2.69. The minimum Gasteiger partial charge on any atom is -0.355 e. The Labute approximate surface area is 158 Å². The maximum Gasteiger partial charge on any atom is 0.270 e. The van der Waals surface area contributed by atoms with Crippen LogP contribution in [0.2, 0.25) is 0 Å². The lowest BCUT2D eigenvalue weighted by Crippen LogP contribution is -2.24. The number of ketones is 1. The van der Waals surface area contributed by atoms with Crippen LogP contribution in [0.25, 0.3) is 0 Å². The molecule has 1 heterocycles. The lowest BCUT2D eigenvalue weighted by Gasteiger charge is -2.10. The van der Waals surface area contributed by atoms with Crippen molar-refractivity contribution in [1.82, 2.24) is 10.3 Å². The van der Waals surface area contributed by atoms with E-state index in [1.54, 1.807) is 30.5 Å². The maximum absolute atomic E-state index is 12.4. The quantitative estimate of drug-likeness (QED) is 0.645. The summed E-state index contributed by atoms with van der Waals surface area (Å²) in [6.07, 6.45) is 1.58. The molecule has 3 aromatic rings. The highest BCUT2D eigenvalue weighted by Crippen LogP contribution is 2.18. The average Bonchev–Trinajstić information content (AvgIpc) is 2.67. The van der Waals surface area contributed by atoms with Crippen LogP contribution in [0.5, 0.6) is 0 Å². The van der Waals surface area contributed by atoms with Gasteiger partial charge in [-0.25, -0.2) is 0 Å². The van der Waals surface area contributed by atoms with Crippen LogP contribution in [-0.2, 0) is 6.54 Å². The van der Waals surface area contributed by atoms with E-state index < -0.39 is 0 Å². The molecule has 0 spiro atoms. The van der Waals surface area contributed by atoms with Gasteiger partial charge in [0.2, 0.25) is 0 Å². The summed E-state index contributed by atoms with van der Waals surface area (Å²) in [6.45, 7) is 3.99. The number of carbonyl (C=O) groups is 2. The van der Waals surface area contributed by atoms with Gasteiger partial charge in [0.05, 0.1) is 0 Å². The van der Waals surface area contributed by atoms with Crippen LogP contribution >= 0.6 is 0 Å². The molecule has 3 rings (SSSR count). The van der Waals surface area contributed by atoms with E-state index in [0.29, 0.717) is 17.8 Å². The van der Waals surface area contributed by atoms with Gasteiger partial charge < -0.3 is 10.6 Å². The normalized spacial score (nSPS) is 10.3. The molecule has 0 bridgehead atoms. The number of benzene rings is 2. The lowest BCUT2D eigenvalue weighted by molar-refractivity contribution is 0.0945. The van der Waals surface area contributed by atoms with Gasteiger partial charge in [0.15, 0.2) is 5.78 Å². The van der Waals surface area contributed by atoms with Crippen molar-refractivity contribution in [2.75, 3.05) is 5.32 Å². The molecule has 0 aliphatic carbocycles. The van der Waals surface area contributed by atoms with E-state index in [2.05, 4.69) is 15.6 Å². The van der Waals surface area contributed by atoms with Crippen molar-refractivity contribution in [2.45, 2.75) is 20.4 Å². The Morgan fingerprint density at radius 2 is 1.74 bits per heavy atom. The van der Waals surface area contributed by atoms with Gasteiger partial charge >= 0.3 is 0 Å². The Hall–Kier alpha value is -3.47. The molecule has 0 saturated heterocycles. The smallest absolute Gasteiger partial charge is 0.270 e. The number of aromatic nitrogens is 1. The summed E-state index contributed by atoms with van der Waals surface area (Å²) < 4.78 is 0. The zero-order valence-corrected chi connectivity index (χ0v) is 15.3. The van der Waals surface area contributed by atoms with Crippen molar-refractivity contribution in [1.29, 1.82) is 0 Å². The predicted octanol–water partition coefficient (Wildman–Crippen LogP) is 4.27. The fourth-order valence-corrected chi connectivity index (χ4v) is 2.69. The first kappa shape index (κ1) is 18.3. The molecule has 2 N–H and O–H groups in total. The van der Waals surface area contributed by atoms with Crippen molar-refractivity contribution in [2.24, 2.45) is 0 Å². The first-order valence-corrected chi connectivity index (χ1v) is 8.70. The highest BCUT2D eigenvalue weighted by Gasteiger charge is 2.09. The Morgan fingerprint density at radius 1 is 0.963 bits per heavy atom. The molecular formula is C22H21N3O2.